The van der Waals surface area contributed by atoms with E-state index in [9.17, 15) is 18.0 Å². The van der Waals surface area contributed by atoms with E-state index in [4.69, 9.17) is 0 Å². The van der Waals surface area contributed by atoms with Crippen LogP contribution in [0.25, 0.3) is 0 Å². The molecule has 0 N–H and O–H groups in total. The quantitative estimate of drug-likeness (QED) is 0.676. The summed E-state index contributed by atoms with van der Waals surface area (Å²) in [5, 5.41) is 0. The molecule has 6 nitrogen and oxygen atoms in total. The Balaban J connectivity index is 1.44. The number of aryl methyl sites for hydroxylation is 1. The molecule has 1 aliphatic carbocycles. The van der Waals surface area contributed by atoms with Gasteiger partial charge < -0.3 is 4.90 Å². The zero-order valence-corrected chi connectivity index (χ0v) is 18.9. The second-order valence-electron chi connectivity index (χ2n) is 8.19. The molecule has 30 heavy (non-hydrogen) atoms. The summed E-state index contributed by atoms with van der Waals surface area (Å²) in [7, 11) is -3.69. The number of hydrogen-bond donors (Lipinski definition) is 0. The predicted molar refractivity (Wildman–Crippen MR) is 117 cm³/mol. The number of fused-ring (bicyclic) bond motifs is 1. The summed E-state index contributed by atoms with van der Waals surface area (Å²) in [6.07, 6.45) is 3.24. The first-order valence-electron chi connectivity index (χ1n) is 10.3. The van der Waals surface area contributed by atoms with Crippen molar-refractivity contribution in [1.82, 2.24) is 9.21 Å². The molecular weight excluding hydrogens is 420 g/mol. The minimum Gasteiger partial charge on any atom is -0.335 e. The summed E-state index contributed by atoms with van der Waals surface area (Å²) in [4.78, 5) is 28.5. The molecule has 160 valence electrons. The summed E-state index contributed by atoms with van der Waals surface area (Å²) in [5.74, 6) is 0.485. The summed E-state index contributed by atoms with van der Waals surface area (Å²) >= 11 is 1.59. The lowest BCUT2D eigenvalue weighted by Crippen LogP contribution is -2.50. The van der Waals surface area contributed by atoms with Crippen molar-refractivity contribution < 1.29 is 18.0 Å². The van der Waals surface area contributed by atoms with E-state index >= 15 is 0 Å². The van der Waals surface area contributed by atoms with Crippen LogP contribution in [0.15, 0.2) is 35.2 Å². The molecule has 1 amide bonds. The van der Waals surface area contributed by atoms with E-state index in [2.05, 4.69) is 6.92 Å². The summed E-state index contributed by atoms with van der Waals surface area (Å²) in [6.45, 7) is 4.89. The standard InChI is InChI=1S/C22H26N2O4S2/c1-15-6-7-20-18(12-15)14-21(29-20)22(26)23-8-10-24(11-9-23)30(27,28)19-5-3-4-17(13-19)16(2)25/h3-5,13-15H,6-12H2,1-2H3. The second-order valence-corrected chi connectivity index (χ2v) is 11.3. The highest BCUT2D eigenvalue weighted by Gasteiger charge is 2.31. The van der Waals surface area contributed by atoms with Gasteiger partial charge in [-0.25, -0.2) is 8.42 Å². The van der Waals surface area contributed by atoms with Crippen LogP contribution < -0.4 is 0 Å². The lowest BCUT2D eigenvalue weighted by atomic mass is 9.90. The Morgan fingerprint density at radius 2 is 1.83 bits per heavy atom. The Bertz CT molecular complexity index is 1080. The van der Waals surface area contributed by atoms with Gasteiger partial charge in [-0.2, -0.15) is 4.31 Å². The highest BCUT2D eigenvalue weighted by atomic mass is 32.2. The van der Waals surface area contributed by atoms with E-state index in [0.29, 0.717) is 24.6 Å². The van der Waals surface area contributed by atoms with Crippen molar-refractivity contribution in [3.05, 3.63) is 51.2 Å². The zero-order chi connectivity index (χ0) is 21.5. The number of rotatable bonds is 4. The third-order valence-electron chi connectivity index (χ3n) is 5.94. The van der Waals surface area contributed by atoms with Gasteiger partial charge in [-0.1, -0.05) is 19.1 Å². The Morgan fingerprint density at radius 1 is 1.10 bits per heavy atom. The fourth-order valence-electron chi connectivity index (χ4n) is 4.12. The van der Waals surface area contributed by atoms with Gasteiger partial charge in [0.2, 0.25) is 10.0 Å². The van der Waals surface area contributed by atoms with Crippen molar-refractivity contribution in [3.8, 4) is 0 Å². The predicted octanol–water partition coefficient (Wildman–Crippen LogP) is 3.22. The molecule has 0 saturated carbocycles. The fraction of sp³-hybridized carbons (Fsp3) is 0.455. The largest absolute Gasteiger partial charge is 0.335 e. The summed E-state index contributed by atoms with van der Waals surface area (Å²) in [6, 6.07) is 8.17. The van der Waals surface area contributed by atoms with Crippen molar-refractivity contribution in [3.63, 3.8) is 0 Å². The van der Waals surface area contributed by atoms with E-state index in [1.165, 1.54) is 40.2 Å². The number of piperazine rings is 1. The molecule has 4 rings (SSSR count). The number of carbonyl (C=O) groups is 2. The fourth-order valence-corrected chi connectivity index (χ4v) is 6.77. The van der Waals surface area contributed by atoms with E-state index in [0.717, 1.165) is 17.7 Å². The van der Waals surface area contributed by atoms with Crippen LogP contribution in [0.4, 0.5) is 0 Å². The van der Waals surface area contributed by atoms with E-state index in [-0.39, 0.29) is 29.7 Å². The van der Waals surface area contributed by atoms with Crippen molar-refractivity contribution in [2.45, 2.75) is 38.0 Å². The van der Waals surface area contributed by atoms with Gasteiger partial charge in [0.05, 0.1) is 9.77 Å². The average Bonchev–Trinajstić information content (AvgIpc) is 3.16. The van der Waals surface area contributed by atoms with Crippen molar-refractivity contribution in [2.24, 2.45) is 5.92 Å². The van der Waals surface area contributed by atoms with Gasteiger partial charge in [0.15, 0.2) is 5.78 Å². The number of Topliss-reactive ketones (excluding diaryl/α,β-unsaturated/α-hetero) is 1. The van der Waals surface area contributed by atoms with Gasteiger partial charge >= 0.3 is 0 Å². The molecule has 1 aliphatic heterocycles. The Labute approximate surface area is 181 Å². The Morgan fingerprint density at radius 3 is 2.53 bits per heavy atom. The second kappa shape index (κ2) is 8.24. The van der Waals surface area contributed by atoms with Crippen molar-refractivity contribution >= 4 is 33.1 Å². The minimum atomic E-state index is -3.69. The van der Waals surface area contributed by atoms with E-state index in [1.807, 2.05) is 6.07 Å². The maximum atomic E-state index is 13.0. The maximum absolute atomic E-state index is 13.0. The SMILES string of the molecule is CC(=O)c1cccc(S(=O)(=O)N2CCN(C(=O)c3cc4c(s3)CCC(C)C4)CC2)c1. The first-order valence-corrected chi connectivity index (χ1v) is 12.5. The van der Waals surface area contributed by atoms with Gasteiger partial charge in [-0.3, -0.25) is 9.59 Å². The minimum absolute atomic E-state index is 0.00215. The zero-order valence-electron chi connectivity index (χ0n) is 17.3. The third-order valence-corrected chi connectivity index (χ3v) is 9.06. The number of nitrogens with zero attached hydrogens (tertiary/aromatic N) is 2. The Kier molecular flexibility index (Phi) is 5.83. The van der Waals surface area contributed by atoms with Gasteiger partial charge in [0.25, 0.3) is 5.91 Å². The maximum Gasteiger partial charge on any atom is 0.264 e. The highest BCUT2D eigenvalue weighted by molar-refractivity contribution is 7.89. The first kappa shape index (κ1) is 21.2. The van der Waals surface area contributed by atoms with Crippen LogP contribution >= 0.6 is 11.3 Å². The number of thiophene rings is 1. The average molecular weight is 447 g/mol. The topological polar surface area (TPSA) is 74.8 Å². The van der Waals surface area contributed by atoms with Crippen molar-refractivity contribution in [2.75, 3.05) is 26.2 Å². The number of benzene rings is 1. The number of amides is 1. The number of ketones is 1. The highest BCUT2D eigenvalue weighted by Crippen LogP contribution is 2.33. The molecular formula is C22H26N2O4S2. The molecule has 1 saturated heterocycles. The van der Waals surface area contributed by atoms with Gasteiger partial charge in [0, 0.05) is 36.6 Å². The molecule has 1 fully saturated rings. The molecule has 0 spiro atoms. The monoisotopic (exact) mass is 446 g/mol. The molecule has 1 aromatic carbocycles. The molecule has 2 aromatic rings. The summed E-state index contributed by atoms with van der Waals surface area (Å²) < 4.78 is 27.4. The molecule has 0 bridgehead atoms. The van der Waals surface area contributed by atoms with Crippen LogP contribution in [-0.4, -0.2) is 55.5 Å². The molecule has 2 aliphatic rings. The normalized spacial score (nSPS) is 20.1. The van der Waals surface area contributed by atoms with Crippen LogP contribution in [0.2, 0.25) is 0 Å². The lowest BCUT2D eigenvalue weighted by Gasteiger charge is -2.33. The van der Waals surface area contributed by atoms with E-state index in [1.54, 1.807) is 28.4 Å². The summed E-state index contributed by atoms with van der Waals surface area (Å²) in [5.41, 5.74) is 1.68. The van der Waals surface area contributed by atoms with Crippen LogP contribution in [0.5, 0.6) is 0 Å². The first-order chi connectivity index (χ1) is 14.3. The smallest absolute Gasteiger partial charge is 0.264 e. The van der Waals surface area contributed by atoms with Crippen LogP contribution in [-0.2, 0) is 22.9 Å². The van der Waals surface area contributed by atoms with Crippen LogP contribution in [0.3, 0.4) is 0 Å². The number of sulfonamides is 1. The number of hydrogen-bond acceptors (Lipinski definition) is 5. The molecule has 1 aromatic heterocycles. The lowest BCUT2D eigenvalue weighted by molar-refractivity contribution is 0.0702. The van der Waals surface area contributed by atoms with Crippen LogP contribution in [0, 0.1) is 5.92 Å². The van der Waals surface area contributed by atoms with Gasteiger partial charge in [-0.05, 0) is 55.9 Å². The van der Waals surface area contributed by atoms with Crippen molar-refractivity contribution in [1.29, 1.82) is 0 Å². The molecule has 1 unspecified atom stereocenters. The molecule has 1 atom stereocenters. The molecule has 0 radical (unpaired) electrons. The molecule has 8 heteroatoms. The Hall–Kier alpha value is -2.03. The van der Waals surface area contributed by atoms with E-state index < -0.39 is 10.0 Å². The van der Waals surface area contributed by atoms with Crippen LogP contribution in [0.1, 0.15) is 50.7 Å². The number of carbonyl (C=O) groups excluding carboxylic acids is 2. The van der Waals surface area contributed by atoms with Gasteiger partial charge in [-0.15, -0.1) is 11.3 Å². The third kappa shape index (κ3) is 4.08. The van der Waals surface area contributed by atoms with Gasteiger partial charge in [0.1, 0.15) is 0 Å². The molecule has 2 heterocycles.